The van der Waals surface area contributed by atoms with Crippen molar-refractivity contribution in [1.29, 1.82) is 0 Å². The Balaban J connectivity index is 0.00000264. The number of alkyl halides is 1. The molecule has 5 aliphatic rings. The van der Waals surface area contributed by atoms with Crippen LogP contribution in [0, 0.1) is 21.0 Å². The van der Waals surface area contributed by atoms with E-state index in [1.807, 2.05) is 25.7 Å². The molecule has 0 N–H and O–H groups in total. The van der Waals surface area contributed by atoms with Crippen molar-refractivity contribution in [2.24, 2.45) is 0 Å². The summed E-state index contributed by atoms with van der Waals surface area (Å²) < 4.78 is 80.7. The predicted molar refractivity (Wildman–Crippen MR) is 225 cm³/mol. The van der Waals surface area contributed by atoms with E-state index < -0.39 is 41.1 Å². The van der Waals surface area contributed by atoms with Crippen molar-refractivity contribution in [1.82, 2.24) is 24.8 Å². The Morgan fingerprint density at radius 3 is 2.66 bits per heavy atom. The van der Waals surface area contributed by atoms with Gasteiger partial charge >= 0.3 is 232 Å². The van der Waals surface area contributed by atoms with E-state index in [-0.39, 0.29) is 121 Å². The topological polar surface area (TPSA) is 112 Å². The first-order valence-electron chi connectivity index (χ1n) is 19.3. The van der Waals surface area contributed by atoms with Gasteiger partial charge in [0.05, 0.1) is 11.6 Å². The minimum atomic E-state index is -0.965. The summed E-state index contributed by atoms with van der Waals surface area (Å²) in [4.78, 5) is 34.1. The van der Waals surface area contributed by atoms with Crippen molar-refractivity contribution in [2.75, 3.05) is 51.7 Å². The first-order chi connectivity index (χ1) is 27.4. The number of piperazine rings is 1. The van der Waals surface area contributed by atoms with Gasteiger partial charge in [0.15, 0.2) is 0 Å². The molecule has 4 aromatic rings. The molecule has 0 spiro atoms. The van der Waals surface area contributed by atoms with Crippen LogP contribution in [0.4, 0.5) is 23.8 Å². The monoisotopic (exact) mass is 1040 g/mol. The van der Waals surface area contributed by atoms with Crippen LogP contribution in [0.2, 0.25) is 0 Å². The summed E-state index contributed by atoms with van der Waals surface area (Å²) in [5.41, 5.74) is -1.11. The molecule has 312 valence electrons. The predicted octanol–water partition coefficient (Wildman–Crippen LogP) is 5.68. The van der Waals surface area contributed by atoms with Crippen LogP contribution in [0.25, 0.3) is 32.9 Å². The van der Waals surface area contributed by atoms with Gasteiger partial charge < -0.3 is 18.2 Å². The van der Waals surface area contributed by atoms with Crippen molar-refractivity contribution in [2.45, 2.75) is 88.3 Å². The van der Waals surface area contributed by atoms with Gasteiger partial charge in [-0.2, -0.15) is 9.90 Å². The third-order valence-corrected chi connectivity index (χ3v) is 12.4. The Hall–Kier alpha value is -3.37. The fourth-order valence-corrected chi connectivity index (χ4v) is 10.1. The summed E-state index contributed by atoms with van der Waals surface area (Å²) >= 11 is 0.263. The molecule has 2 aromatic carbocycles. The van der Waals surface area contributed by atoms with E-state index in [0.717, 1.165) is 25.8 Å². The SMILES string of the molecule is COCOc1cc(-c2nc3c4c(nc(OC[C@]56CCCN5C[C@H](F)C6)nc4c2F)N2C[C@@H]4CC[C@H]([C@H]2CO3)N4C(=O)OC(C)(C)C)c2c(C#[C][Tl])c(F)ccc2c1.P.[SH-]. The maximum atomic E-state index is 17.6. The van der Waals surface area contributed by atoms with Crippen LogP contribution in [0.15, 0.2) is 24.3 Å². The molecule has 4 saturated heterocycles. The van der Waals surface area contributed by atoms with Crippen LogP contribution < -0.4 is 19.1 Å². The molecule has 6 atom stereocenters. The molecule has 5 aliphatic heterocycles. The van der Waals surface area contributed by atoms with Gasteiger partial charge in [-0.3, -0.25) is 9.80 Å². The average molecular weight is 1040 g/mol. The number of methoxy groups -OCH3 is 1. The van der Waals surface area contributed by atoms with E-state index in [1.165, 1.54) is 13.2 Å². The van der Waals surface area contributed by atoms with Crippen LogP contribution >= 0.6 is 9.90 Å². The number of hydrogen-bond donors (Lipinski definition) is 0. The number of nitrogens with zero attached hydrogens (tertiary/aromatic N) is 6. The number of fused-ring (bicyclic) bond motifs is 7. The molecular weight excluding hydrogens is 997 g/mol. The third-order valence-electron chi connectivity index (χ3n) is 11.8. The molecule has 0 saturated carbocycles. The zero-order valence-corrected chi connectivity index (χ0v) is 40.2. The minimum absolute atomic E-state index is 0. The number of aromatic nitrogens is 3. The number of rotatable bonds is 7. The van der Waals surface area contributed by atoms with Crippen molar-refractivity contribution in [3.05, 3.63) is 41.5 Å². The Bertz CT molecular complexity index is 2370. The molecule has 2 bridgehead atoms. The van der Waals surface area contributed by atoms with E-state index in [4.69, 9.17) is 38.6 Å². The van der Waals surface area contributed by atoms with Crippen LogP contribution in [0.3, 0.4) is 0 Å². The average Bonchev–Trinajstić information content (AvgIpc) is 3.78. The van der Waals surface area contributed by atoms with E-state index in [0.29, 0.717) is 48.3 Å². The quantitative estimate of drug-likeness (QED) is 0.0568. The first kappa shape index (κ1) is 43.7. The normalized spacial score (nSPS) is 24.2. The van der Waals surface area contributed by atoms with Gasteiger partial charge in [0.2, 0.25) is 0 Å². The van der Waals surface area contributed by atoms with Gasteiger partial charge in [-0.15, -0.1) is 0 Å². The van der Waals surface area contributed by atoms with E-state index in [9.17, 15) is 9.18 Å². The summed E-state index contributed by atoms with van der Waals surface area (Å²) in [5, 5.41) is 1.17. The van der Waals surface area contributed by atoms with Crippen molar-refractivity contribution in [3.8, 4) is 38.3 Å². The zero-order valence-electron chi connectivity index (χ0n) is 33.4. The number of hydrogen-bond acceptors (Lipinski definition) is 12. The molecule has 12 nitrogen and oxygen atoms in total. The largest absolute Gasteiger partial charge is 0.813 e. The summed E-state index contributed by atoms with van der Waals surface area (Å²) in [5.74, 6) is 2.38. The standard InChI is InChI=1S/C41H42F3N6O6.H3P.H2S.Tl/c1-6-26-28(43)10-8-22-14-25(55-21-52-5)15-27(31(22)26)34-33(44)35-32-36(47-38(46-35)54-20-41-12-7-13-48(41)17-23(42)16-41)49-18-24-9-11-29(30(49)19-53-37(32)45-34)50(24)39(51)56-40(2,3)4;;;/h8,10,14-15,23-24,29-30H,7,9,11-13,16-21H2,2-5H3;1H3;1H2;/p-1/t23-,24+,29-,30-,41-;;;/m1.../s1. The Kier molecular flexibility index (Phi) is 12.5. The molecule has 1 amide bonds. The summed E-state index contributed by atoms with van der Waals surface area (Å²) in [6, 6.07) is 5.26. The number of benzene rings is 2. The van der Waals surface area contributed by atoms with Gasteiger partial charge in [0, 0.05) is 13.0 Å². The minimum Gasteiger partial charge on any atom is -0.813 e. The molecule has 59 heavy (non-hydrogen) atoms. The van der Waals surface area contributed by atoms with Gasteiger partial charge in [-0.05, 0) is 53.0 Å². The molecule has 1 unspecified atom stereocenters. The Labute approximate surface area is 366 Å². The van der Waals surface area contributed by atoms with Crippen molar-refractivity contribution >= 4 is 82.7 Å². The molecule has 7 heterocycles. The van der Waals surface area contributed by atoms with Crippen LogP contribution in [-0.4, -0.2) is 139 Å². The number of carbonyl (C=O) groups excluding carboxylic acids is 1. The van der Waals surface area contributed by atoms with Gasteiger partial charge in [-0.1, -0.05) is 0 Å². The number of ether oxygens (including phenoxy) is 5. The molecule has 4 fully saturated rings. The van der Waals surface area contributed by atoms with Gasteiger partial charge in [0.1, 0.15) is 11.8 Å². The third kappa shape index (κ3) is 7.76. The number of carbonyl (C=O) groups is 1. The van der Waals surface area contributed by atoms with E-state index in [1.54, 1.807) is 18.2 Å². The second-order valence-electron chi connectivity index (χ2n) is 16.5. The fourth-order valence-electron chi connectivity index (χ4n) is 9.56. The number of amides is 1. The van der Waals surface area contributed by atoms with Crippen molar-refractivity contribution in [3.63, 3.8) is 0 Å². The number of thiol groups is 1. The first-order valence-corrected chi connectivity index (χ1v) is 21.6. The smallest absolute Gasteiger partial charge is 0.153 e. The summed E-state index contributed by atoms with van der Waals surface area (Å²) in [6.45, 7) is 7.17. The Morgan fingerprint density at radius 2 is 1.90 bits per heavy atom. The maximum Gasteiger partial charge on any atom is -0.153 e. The molecule has 9 rings (SSSR count). The molecule has 18 heteroatoms. The maximum absolute atomic E-state index is 17.6. The Morgan fingerprint density at radius 1 is 1.08 bits per heavy atom. The molecule has 0 aliphatic carbocycles. The second kappa shape index (κ2) is 16.8. The van der Waals surface area contributed by atoms with Gasteiger partial charge in [-0.25, -0.2) is 9.18 Å². The molecule has 2 aromatic heterocycles. The molecule has 0 radical (unpaired) electrons. The fraction of sp³-hybridized carbons (Fsp3) is 0.512. The second-order valence-corrected chi connectivity index (χ2v) is 17.6. The van der Waals surface area contributed by atoms with E-state index >= 15 is 8.78 Å². The van der Waals surface area contributed by atoms with Gasteiger partial charge in [0.25, 0.3) is 0 Å². The van der Waals surface area contributed by atoms with Crippen LogP contribution in [0.1, 0.15) is 58.4 Å². The van der Waals surface area contributed by atoms with Crippen LogP contribution in [-0.2, 0) is 23.0 Å². The van der Waals surface area contributed by atoms with E-state index in [2.05, 4.69) is 19.2 Å². The van der Waals surface area contributed by atoms with Crippen LogP contribution in [0.5, 0.6) is 17.6 Å². The summed E-state index contributed by atoms with van der Waals surface area (Å²) in [7, 11) is 1.49. The number of anilines is 1. The molecular formula is C41H46F3N6O6PSTl-. The zero-order chi connectivity index (χ0) is 39.8. The van der Waals surface area contributed by atoms with Crippen molar-refractivity contribution < 1.29 is 41.7 Å². The summed E-state index contributed by atoms with van der Waals surface area (Å²) in [6.07, 6.45) is 2.11. The number of pyridine rings is 1. The number of halogens is 3.